The first-order valence-corrected chi connectivity index (χ1v) is 11.5. The SMILES string of the molecule is O=C(CCN1CCCCC(NC(CCc2ccccc2)C(=O)O)C1=O)OCc1ccccc1. The van der Waals surface area contributed by atoms with Gasteiger partial charge in [-0.2, -0.15) is 0 Å². The first-order chi connectivity index (χ1) is 16.0. The maximum Gasteiger partial charge on any atom is 0.320 e. The molecule has 1 heterocycles. The molecule has 2 aromatic carbocycles. The standard InChI is InChI=1S/C26H32N2O5/c29-24(33-19-21-11-5-2-6-12-21)16-18-28-17-8-7-13-22(25(28)30)27-23(26(31)32)15-14-20-9-3-1-4-10-20/h1-6,9-12,22-23,27H,7-8,13-19H2,(H,31,32). The molecule has 7 nitrogen and oxygen atoms in total. The van der Waals surface area contributed by atoms with E-state index in [-0.39, 0.29) is 31.4 Å². The van der Waals surface area contributed by atoms with E-state index in [1.54, 1.807) is 4.90 Å². The van der Waals surface area contributed by atoms with Gasteiger partial charge in [0.25, 0.3) is 0 Å². The van der Waals surface area contributed by atoms with Crippen molar-refractivity contribution in [1.82, 2.24) is 10.2 Å². The highest BCUT2D eigenvalue weighted by Crippen LogP contribution is 2.15. The first-order valence-electron chi connectivity index (χ1n) is 11.5. The van der Waals surface area contributed by atoms with Gasteiger partial charge >= 0.3 is 11.9 Å². The molecule has 2 atom stereocenters. The lowest BCUT2D eigenvalue weighted by Crippen LogP contribution is -2.51. The van der Waals surface area contributed by atoms with Gasteiger partial charge in [0.15, 0.2) is 0 Å². The van der Waals surface area contributed by atoms with E-state index in [2.05, 4.69) is 5.32 Å². The summed E-state index contributed by atoms with van der Waals surface area (Å²) in [4.78, 5) is 38.7. The van der Waals surface area contributed by atoms with Gasteiger partial charge in [-0.25, -0.2) is 0 Å². The van der Waals surface area contributed by atoms with E-state index in [1.807, 2.05) is 60.7 Å². The molecule has 1 fully saturated rings. The Morgan fingerprint density at radius 1 is 1.03 bits per heavy atom. The summed E-state index contributed by atoms with van der Waals surface area (Å²) in [5, 5.41) is 12.8. The predicted molar refractivity (Wildman–Crippen MR) is 124 cm³/mol. The number of amides is 1. The molecule has 2 N–H and O–H groups in total. The smallest absolute Gasteiger partial charge is 0.320 e. The number of hydrogen-bond donors (Lipinski definition) is 2. The molecule has 0 aromatic heterocycles. The number of likely N-dealkylation sites (tertiary alicyclic amines) is 1. The second-order valence-electron chi connectivity index (χ2n) is 8.35. The van der Waals surface area contributed by atoms with Crippen LogP contribution in [0.1, 0.15) is 43.2 Å². The summed E-state index contributed by atoms with van der Waals surface area (Å²) in [6.45, 7) is 1.04. The molecule has 3 rings (SSSR count). The molecule has 0 bridgehead atoms. The maximum atomic E-state index is 13.1. The minimum atomic E-state index is -0.959. The quantitative estimate of drug-likeness (QED) is 0.509. The monoisotopic (exact) mass is 452 g/mol. The van der Waals surface area contributed by atoms with E-state index in [1.165, 1.54) is 0 Å². The summed E-state index contributed by atoms with van der Waals surface area (Å²) < 4.78 is 5.31. The van der Waals surface area contributed by atoms with Gasteiger partial charge in [0, 0.05) is 13.1 Å². The fourth-order valence-corrected chi connectivity index (χ4v) is 3.99. The number of ether oxygens (including phenoxy) is 1. The first kappa shape index (κ1) is 24.5. The summed E-state index contributed by atoms with van der Waals surface area (Å²) in [5.41, 5.74) is 1.98. The summed E-state index contributed by atoms with van der Waals surface area (Å²) in [5.74, 6) is -1.46. The average Bonchev–Trinajstić information content (AvgIpc) is 3.01. The van der Waals surface area contributed by atoms with Crippen LogP contribution in [0.5, 0.6) is 0 Å². The van der Waals surface area contributed by atoms with Crippen molar-refractivity contribution in [2.45, 2.75) is 57.2 Å². The second-order valence-corrected chi connectivity index (χ2v) is 8.35. The van der Waals surface area contributed by atoms with Crippen molar-refractivity contribution in [1.29, 1.82) is 0 Å². The lowest BCUT2D eigenvalue weighted by Gasteiger charge is -2.27. The van der Waals surface area contributed by atoms with Gasteiger partial charge in [0.05, 0.1) is 12.5 Å². The van der Waals surface area contributed by atoms with Crippen LogP contribution in [-0.4, -0.2) is 53.0 Å². The molecule has 1 amide bonds. The maximum absolute atomic E-state index is 13.1. The molecule has 2 aromatic rings. The van der Waals surface area contributed by atoms with E-state index < -0.39 is 18.1 Å². The van der Waals surface area contributed by atoms with Crippen LogP contribution in [0.25, 0.3) is 0 Å². The van der Waals surface area contributed by atoms with Crippen LogP contribution in [0, 0.1) is 0 Å². The highest BCUT2D eigenvalue weighted by molar-refractivity contribution is 5.84. The zero-order valence-corrected chi connectivity index (χ0v) is 18.8. The van der Waals surface area contributed by atoms with Crippen molar-refractivity contribution < 1.29 is 24.2 Å². The third-order valence-corrected chi connectivity index (χ3v) is 5.87. The molecule has 1 saturated heterocycles. The number of carbonyl (C=O) groups excluding carboxylic acids is 2. The molecule has 33 heavy (non-hydrogen) atoms. The second kappa shape index (κ2) is 12.7. The molecular formula is C26H32N2O5. The Hall–Kier alpha value is -3.19. The Bertz CT molecular complexity index is 903. The van der Waals surface area contributed by atoms with Crippen molar-refractivity contribution in [2.24, 2.45) is 0 Å². The van der Waals surface area contributed by atoms with Gasteiger partial charge in [0.1, 0.15) is 12.6 Å². The van der Waals surface area contributed by atoms with Crippen molar-refractivity contribution in [2.75, 3.05) is 13.1 Å². The van der Waals surface area contributed by atoms with Gasteiger partial charge in [0.2, 0.25) is 5.91 Å². The van der Waals surface area contributed by atoms with Crippen LogP contribution in [0.4, 0.5) is 0 Å². The predicted octanol–water partition coefficient (Wildman–Crippen LogP) is 3.18. The number of benzene rings is 2. The van der Waals surface area contributed by atoms with E-state index >= 15 is 0 Å². The van der Waals surface area contributed by atoms with Crippen LogP contribution in [0.15, 0.2) is 60.7 Å². The Balaban J connectivity index is 1.50. The largest absolute Gasteiger partial charge is 0.480 e. The van der Waals surface area contributed by atoms with Crippen molar-refractivity contribution in [3.05, 3.63) is 71.8 Å². The van der Waals surface area contributed by atoms with E-state index in [0.717, 1.165) is 24.0 Å². The van der Waals surface area contributed by atoms with Gasteiger partial charge in [-0.05, 0) is 43.2 Å². The van der Waals surface area contributed by atoms with Gasteiger partial charge in [-0.1, -0.05) is 60.7 Å². The van der Waals surface area contributed by atoms with E-state index in [0.29, 0.717) is 25.8 Å². The highest BCUT2D eigenvalue weighted by Gasteiger charge is 2.31. The van der Waals surface area contributed by atoms with Crippen LogP contribution in [0.2, 0.25) is 0 Å². The van der Waals surface area contributed by atoms with Gasteiger partial charge < -0.3 is 14.7 Å². The van der Waals surface area contributed by atoms with Crippen molar-refractivity contribution >= 4 is 17.8 Å². The fraction of sp³-hybridized carbons (Fsp3) is 0.423. The summed E-state index contributed by atoms with van der Waals surface area (Å²) >= 11 is 0. The molecule has 2 unspecified atom stereocenters. The van der Waals surface area contributed by atoms with Crippen molar-refractivity contribution in [3.63, 3.8) is 0 Å². The number of esters is 1. The molecule has 0 saturated carbocycles. The number of carbonyl (C=O) groups is 3. The highest BCUT2D eigenvalue weighted by atomic mass is 16.5. The van der Waals surface area contributed by atoms with Crippen LogP contribution in [-0.2, 0) is 32.1 Å². The average molecular weight is 453 g/mol. The number of aryl methyl sites for hydroxylation is 1. The zero-order valence-electron chi connectivity index (χ0n) is 18.8. The molecule has 0 radical (unpaired) electrons. The van der Waals surface area contributed by atoms with Gasteiger partial charge in [-0.3, -0.25) is 19.7 Å². The number of aliphatic carboxylic acids is 1. The summed E-state index contributed by atoms with van der Waals surface area (Å²) in [6.07, 6.45) is 3.36. The zero-order chi connectivity index (χ0) is 23.5. The third-order valence-electron chi connectivity index (χ3n) is 5.87. The molecule has 0 spiro atoms. The molecule has 7 heteroatoms. The molecule has 1 aliphatic heterocycles. The minimum absolute atomic E-state index is 0.113. The minimum Gasteiger partial charge on any atom is -0.480 e. The van der Waals surface area contributed by atoms with E-state index in [9.17, 15) is 19.5 Å². The lowest BCUT2D eigenvalue weighted by atomic mass is 10.0. The van der Waals surface area contributed by atoms with Crippen LogP contribution in [0.3, 0.4) is 0 Å². The lowest BCUT2D eigenvalue weighted by molar-refractivity contribution is -0.146. The van der Waals surface area contributed by atoms with Gasteiger partial charge in [-0.15, -0.1) is 0 Å². The Labute approximate surface area is 194 Å². The Morgan fingerprint density at radius 3 is 2.36 bits per heavy atom. The van der Waals surface area contributed by atoms with E-state index in [4.69, 9.17) is 4.74 Å². The van der Waals surface area contributed by atoms with Crippen LogP contribution < -0.4 is 5.32 Å². The molecule has 0 aliphatic carbocycles. The number of hydrogen-bond acceptors (Lipinski definition) is 5. The molecule has 176 valence electrons. The normalized spacial score (nSPS) is 17.3. The number of nitrogens with one attached hydrogen (secondary N) is 1. The van der Waals surface area contributed by atoms with Crippen molar-refractivity contribution in [3.8, 4) is 0 Å². The van der Waals surface area contributed by atoms with Crippen LogP contribution >= 0.6 is 0 Å². The third kappa shape index (κ3) is 8.02. The Kier molecular flexibility index (Phi) is 9.44. The fourth-order valence-electron chi connectivity index (χ4n) is 3.99. The molecule has 1 aliphatic rings. The number of carboxylic acids is 1. The summed E-state index contributed by atoms with van der Waals surface area (Å²) in [7, 11) is 0. The molecular weight excluding hydrogens is 420 g/mol. The number of rotatable bonds is 11. The number of nitrogens with zero attached hydrogens (tertiary/aromatic N) is 1. The summed E-state index contributed by atoms with van der Waals surface area (Å²) in [6, 6.07) is 17.8. The topological polar surface area (TPSA) is 95.9 Å². The number of carboxylic acid groups (broad SMARTS) is 1. The Morgan fingerprint density at radius 2 is 1.70 bits per heavy atom.